The summed E-state index contributed by atoms with van der Waals surface area (Å²) < 4.78 is 25.5. The van der Waals surface area contributed by atoms with E-state index in [1.165, 1.54) is 6.07 Å². The molecule has 1 aliphatic heterocycles. The highest BCUT2D eigenvalue weighted by Gasteiger charge is 2.40. The molecule has 2 rings (SSSR count). The van der Waals surface area contributed by atoms with E-state index >= 15 is 0 Å². The average Bonchev–Trinajstić information content (AvgIpc) is 2.60. The van der Waals surface area contributed by atoms with Gasteiger partial charge in [-0.1, -0.05) is 44.7 Å². The third-order valence-corrected chi connectivity index (χ3v) is 5.22. The molecular weight excluding hydrogens is 262 g/mol. The molecule has 1 aromatic rings. The summed E-state index contributed by atoms with van der Waals surface area (Å²) in [7, 11) is -3.60. The zero-order valence-corrected chi connectivity index (χ0v) is 11.9. The number of nitrogens with zero attached hydrogens (tertiary/aromatic N) is 1. The number of rotatable bonds is 6. The van der Waals surface area contributed by atoms with Crippen molar-refractivity contribution in [3.63, 3.8) is 0 Å². The molecule has 4 nitrogen and oxygen atoms in total. The lowest BCUT2D eigenvalue weighted by atomic mass is 10.1. The van der Waals surface area contributed by atoms with Gasteiger partial charge >= 0.3 is 0 Å². The number of amides is 1. The van der Waals surface area contributed by atoms with Crippen molar-refractivity contribution in [3.8, 4) is 0 Å². The Morgan fingerprint density at radius 1 is 1.05 bits per heavy atom. The fraction of sp³-hybridized carbons (Fsp3) is 0.500. The van der Waals surface area contributed by atoms with E-state index in [1.807, 2.05) is 0 Å². The van der Waals surface area contributed by atoms with Crippen LogP contribution in [-0.4, -0.2) is 25.2 Å². The molecule has 0 bridgehead atoms. The highest BCUT2D eigenvalue weighted by molar-refractivity contribution is 7.90. The minimum Gasteiger partial charge on any atom is -0.268 e. The summed E-state index contributed by atoms with van der Waals surface area (Å²) in [6, 6.07) is 6.41. The van der Waals surface area contributed by atoms with E-state index in [4.69, 9.17) is 0 Å². The van der Waals surface area contributed by atoms with Gasteiger partial charge in [0.05, 0.1) is 5.56 Å². The van der Waals surface area contributed by atoms with Crippen LogP contribution in [0.25, 0.3) is 0 Å². The number of hydrogen-bond donors (Lipinski definition) is 0. The number of unbranched alkanes of at least 4 members (excludes halogenated alkanes) is 4. The fourth-order valence-corrected chi connectivity index (χ4v) is 3.92. The van der Waals surface area contributed by atoms with Gasteiger partial charge < -0.3 is 0 Å². The number of benzene rings is 1. The third kappa shape index (κ3) is 2.66. The molecule has 1 aliphatic rings. The number of carbonyl (C=O) groups excluding carboxylic acids is 1. The van der Waals surface area contributed by atoms with Crippen LogP contribution in [0, 0.1) is 0 Å². The van der Waals surface area contributed by atoms with Crippen LogP contribution in [0.1, 0.15) is 49.4 Å². The molecule has 1 heterocycles. The Labute approximate surface area is 114 Å². The Hall–Kier alpha value is -1.36. The quantitative estimate of drug-likeness (QED) is 0.753. The first kappa shape index (κ1) is 14.1. The monoisotopic (exact) mass is 281 g/mol. The van der Waals surface area contributed by atoms with Crippen molar-refractivity contribution >= 4 is 15.9 Å². The Kier molecular flexibility index (Phi) is 4.24. The maximum absolute atomic E-state index is 12.2. The summed E-state index contributed by atoms with van der Waals surface area (Å²) >= 11 is 0. The van der Waals surface area contributed by atoms with E-state index in [1.54, 1.807) is 18.2 Å². The lowest BCUT2D eigenvalue weighted by Crippen LogP contribution is -2.30. The molecule has 0 N–H and O–H groups in total. The van der Waals surface area contributed by atoms with Crippen LogP contribution in [-0.2, 0) is 10.0 Å². The van der Waals surface area contributed by atoms with Gasteiger partial charge in [-0.15, -0.1) is 0 Å². The number of carbonyl (C=O) groups is 1. The Morgan fingerprint density at radius 3 is 2.42 bits per heavy atom. The van der Waals surface area contributed by atoms with E-state index in [9.17, 15) is 13.2 Å². The summed E-state index contributed by atoms with van der Waals surface area (Å²) in [5.41, 5.74) is 0.302. The predicted octanol–water partition coefficient (Wildman–Crippen LogP) is 2.80. The van der Waals surface area contributed by atoms with Gasteiger partial charge in [0.2, 0.25) is 0 Å². The molecule has 19 heavy (non-hydrogen) atoms. The Balaban J connectivity index is 2.06. The van der Waals surface area contributed by atoms with Gasteiger partial charge in [0, 0.05) is 6.54 Å². The van der Waals surface area contributed by atoms with Gasteiger partial charge in [-0.2, -0.15) is 0 Å². The first-order valence-electron chi connectivity index (χ1n) is 6.75. The van der Waals surface area contributed by atoms with Crippen molar-refractivity contribution in [2.24, 2.45) is 0 Å². The van der Waals surface area contributed by atoms with Crippen molar-refractivity contribution in [1.29, 1.82) is 0 Å². The first-order chi connectivity index (χ1) is 9.09. The van der Waals surface area contributed by atoms with Crippen molar-refractivity contribution in [2.75, 3.05) is 6.54 Å². The predicted molar refractivity (Wildman–Crippen MR) is 73.4 cm³/mol. The lowest BCUT2D eigenvalue weighted by molar-refractivity contribution is 0.0869. The van der Waals surface area contributed by atoms with Crippen LogP contribution < -0.4 is 0 Å². The molecule has 0 aliphatic carbocycles. The van der Waals surface area contributed by atoms with Crippen LogP contribution >= 0.6 is 0 Å². The van der Waals surface area contributed by atoms with Crippen LogP contribution in [0.2, 0.25) is 0 Å². The number of hydrogen-bond acceptors (Lipinski definition) is 3. The van der Waals surface area contributed by atoms with Crippen LogP contribution in [0.4, 0.5) is 0 Å². The van der Waals surface area contributed by atoms with Gasteiger partial charge in [-0.25, -0.2) is 12.7 Å². The molecule has 5 heteroatoms. The van der Waals surface area contributed by atoms with Crippen molar-refractivity contribution in [2.45, 2.75) is 43.9 Å². The van der Waals surface area contributed by atoms with Gasteiger partial charge in [0.1, 0.15) is 4.90 Å². The van der Waals surface area contributed by atoms with Crippen LogP contribution in [0.15, 0.2) is 29.2 Å². The Bertz CT molecular complexity index is 566. The van der Waals surface area contributed by atoms with E-state index < -0.39 is 10.0 Å². The van der Waals surface area contributed by atoms with Crippen LogP contribution in [0.5, 0.6) is 0 Å². The standard InChI is InChI=1S/C14H19NO3S/c1-2-3-4-5-8-11-15-14(16)12-9-6-7-10-13(12)19(15,17)18/h6-7,9-10H,2-5,8,11H2,1H3. The van der Waals surface area contributed by atoms with Gasteiger partial charge in [-0.05, 0) is 18.6 Å². The fourth-order valence-electron chi connectivity index (χ4n) is 2.31. The van der Waals surface area contributed by atoms with Crippen molar-refractivity contribution in [1.82, 2.24) is 4.31 Å². The third-order valence-electron chi connectivity index (χ3n) is 3.38. The molecule has 0 unspecified atom stereocenters. The molecule has 0 radical (unpaired) electrons. The minimum absolute atomic E-state index is 0.147. The van der Waals surface area contributed by atoms with E-state index in [0.717, 1.165) is 36.4 Å². The molecule has 1 aromatic carbocycles. The van der Waals surface area contributed by atoms with Crippen LogP contribution in [0.3, 0.4) is 0 Å². The molecule has 1 amide bonds. The molecule has 0 saturated heterocycles. The minimum atomic E-state index is -3.60. The second-order valence-corrected chi connectivity index (χ2v) is 6.62. The van der Waals surface area contributed by atoms with E-state index in [2.05, 4.69) is 6.92 Å². The van der Waals surface area contributed by atoms with Gasteiger partial charge in [0.15, 0.2) is 0 Å². The zero-order chi connectivity index (χ0) is 13.9. The average molecular weight is 281 g/mol. The summed E-state index contributed by atoms with van der Waals surface area (Å²) in [6.45, 7) is 2.42. The maximum atomic E-state index is 12.2. The normalized spacial score (nSPS) is 16.7. The van der Waals surface area contributed by atoms with E-state index in [-0.39, 0.29) is 10.8 Å². The highest BCUT2D eigenvalue weighted by Crippen LogP contribution is 2.30. The second kappa shape index (κ2) is 5.74. The molecule has 104 valence electrons. The summed E-state index contributed by atoms with van der Waals surface area (Å²) in [5, 5.41) is 0. The Morgan fingerprint density at radius 2 is 1.74 bits per heavy atom. The largest absolute Gasteiger partial charge is 0.269 e. The SMILES string of the molecule is CCCCCCCN1C(=O)c2ccccc2S1(=O)=O. The summed E-state index contributed by atoms with van der Waals surface area (Å²) in [4.78, 5) is 12.2. The highest BCUT2D eigenvalue weighted by atomic mass is 32.2. The number of fused-ring (bicyclic) bond motifs is 1. The summed E-state index contributed by atoms with van der Waals surface area (Å²) in [5.74, 6) is -0.383. The smallest absolute Gasteiger partial charge is 0.268 e. The summed E-state index contributed by atoms with van der Waals surface area (Å²) in [6.07, 6.45) is 5.08. The maximum Gasteiger partial charge on any atom is 0.269 e. The molecule has 0 atom stereocenters. The van der Waals surface area contributed by atoms with Crippen molar-refractivity contribution < 1.29 is 13.2 Å². The van der Waals surface area contributed by atoms with E-state index in [0.29, 0.717) is 12.1 Å². The molecular formula is C14H19NO3S. The lowest BCUT2D eigenvalue weighted by Gasteiger charge is -2.14. The first-order valence-corrected chi connectivity index (χ1v) is 8.19. The van der Waals surface area contributed by atoms with Gasteiger partial charge in [0.25, 0.3) is 15.9 Å². The molecule has 0 saturated carbocycles. The molecule has 0 spiro atoms. The molecule has 0 fully saturated rings. The zero-order valence-electron chi connectivity index (χ0n) is 11.1. The second-order valence-electron chi connectivity index (χ2n) is 4.79. The van der Waals surface area contributed by atoms with Crippen molar-refractivity contribution in [3.05, 3.63) is 29.8 Å². The number of sulfonamides is 1. The van der Waals surface area contributed by atoms with Gasteiger partial charge in [-0.3, -0.25) is 4.79 Å². The topological polar surface area (TPSA) is 54.5 Å². The molecule has 0 aromatic heterocycles.